The zero-order valence-corrected chi connectivity index (χ0v) is 14.0. The molecule has 0 fully saturated rings. The SMILES string of the molecule is CCOCCC(=O)[C@]1(C)[C@@H]2C(=C[C@@H](C)C[C@@H]2O)C=C[C@@]1(C)O. The van der Waals surface area contributed by atoms with Gasteiger partial charge in [-0.1, -0.05) is 25.2 Å². The lowest BCUT2D eigenvalue weighted by Gasteiger charge is -2.51. The molecular weight excluding hydrogens is 280 g/mol. The fraction of sp³-hybridized carbons (Fsp3) is 0.722. The largest absolute Gasteiger partial charge is 0.392 e. The number of hydrogen-bond donors (Lipinski definition) is 2. The second-order valence-corrected chi connectivity index (χ2v) is 6.98. The minimum atomic E-state index is -1.28. The van der Waals surface area contributed by atoms with E-state index in [4.69, 9.17) is 4.74 Å². The van der Waals surface area contributed by atoms with Gasteiger partial charge in [0.15, 0.2) is 0 Å². The number of allylic oxidation sites excluding steroid dienone is 2. The van der Waals surface area contributed by atoms with Crippen LogP contribution in [0.25, 0.3) is 0 Å². The number of hydrogen-bond acceptors (Lipinski definition) is 4. The molecule has 0 amide bonds. The summed E-state index contributed by atoms with van der Waals surface area (Å²) < 4.78 is 5.29. The molecule has 124 valence electrons. The lowest BCUT2D eigenvalue weighted by atomic mass is 9.54. The van der Waals surface area contributed by atoms with Crippen LogP contribution in [-0.4, -0.2) is 40.9 Å². The molecule has 4 nitrogen and oxygen atoms in total. The van der Waals surface area contributed by atoms with Gasteiger partial charge in [0.25, 0.3) is 0 Å². The topological polar surface area (TPSA) is 66.8 Å². The standard InChI is InChI=1S/C18H28O4/c1-5-22-9-7-15(20)18(4)16-13(6-8-17(18,3)21)10-12(2)11-14(16)19/h6,8,10,12,14,16,19,21H,5,7,9,11H2,1-4H3/t12-,14+,16-,17-,18-/m1/s1. The Morgan fingerprint density at radius 3 is 2.77 bits per heavy atom. The Bertz CT molecular complexity index is 491. The van der Waals surface area contributed by atoms with E-state index in [9.17, 15) is 15.0 Å². The molecule has 0 saturated carbocycles. The first-order valence-electron chi connectivity index (χ1n) is 8.16. The number of fused-ring (bicyclic) bond motifs is 1. The summed E-state index contributed by atoms with van der Waals surface area (Å²) >= 11 is 0. The third kappa shape index (κ3) is 2.80. The van der Waals surface area contributed by atoms with Crippen molar-refractivity contribution in [1.29, 1.82) is 0 Å². The van der Waals surface area contributed by atoms with Crippen LogP contribution in [0.3, 0.4) is 0 Å². The van der Waals surface area contributed by atoms with E-state index in [1.165, 1.54) is 0 Å². The molecule has 2 aliphatic carbocycles. The van der Waals surface area contributed by atoms with Crippen LogP contribution in [0, 0.1) is 17.3 Å². The van der Waals surface area contributed by atoms with Gasteiger partial charge in [-0.15, -0.1) is 0 Å². The molecule has 5 atom stereocenters. The van der Waals surface area contributed by atoms with Crippen LogP contribution in [0.15, 0.2) is 23.8 Å². The van der Waals surface area contributed by atoms with Gasteiger partial charge in [-0.2, -0.15) is 0 Å². The highest BCUT2D eigenvalue weighted by molar-refractivity contribution is 5.88. The van der Waals surface area contributed by atoms with Gasteiger partial charge in [0.1, 0.15) is 5.78 Å². The van der Waals surface area contributed by atoms with E-state index in [2.05, 4.69) is 13.0 Å². The first kappa shape index (κ1) is 17.4. The number of aliphatic hydroxyl groups is 2. The van der Waals surface area contributed by atoms with Crippen molar-refractivity contribution in [3.8, 4) is 0 Å². The Kier molecular flexibility index (Phi) is 4.95. The van der Waals surface area contributed by atoms with Gasteiger partial charge < -0.3 is 14.9 Å². The van der Waals surface area contributed by atoms with Gasteiger partial charge >= 0.3 is 0 Å². The molecule has 0 aromatic heterocycles. The number of carbonyl (C=O) groups excluding carboxylic acids is 1. The van der Waals surface area contributed by atoms with E-state index >= 15 is 0 Å². The third-order valence-electron chi connectivity index (χ3n) is 5.36. The summed E-state index contributed by atoms with van der Waals surface area (Å²) in [6.45, 7) is 8.30. The predicted octanol–water partition coefficient (Wildman–Crippen LogP) is 2.25. The molecule has 0 spiro atoms. The molecule has 0 aromatic carbocycles. The Morgan fingerprint density at radius 1 is 1.45 bits per heavy atom. The minimum Gasteiger partial charge on any atom is -0.392 e. The molecule has 0 bridgehead atoms. The van der Waals surface area contributed by atoms with Crippen molar-refractivity contribution in [3.05, 3.63) is 23.8 Å². The van der Waals surface area contributed by atoms with Gasteiger partial charge in [-0.25, -0.2) is 0 Å². The van der Waals surface area contributed by atoms with Crippen molar-refractivity contribution in [2.75, 3.05) is 13.2 Å². The normalized spacial score (nSPS) is 41.0. The van der Waals surface area contributed by atoms with Crippen molar-refractivity contribution < 1.29 is 19.7 Å². The molecule has 2 N–H and O–H groups in total. The molecule has 4 heteroatoms. The highest BCUT2D eigenvalue weighted by Gasteiger charge is 2.57. The fourth-order valence-electron chi connectivity index (χ4n) is 3.89. The van der Waals surface area contributed by atoms with Crippen LogP contribution in [0.2, 0.25) is 0 Å². The highest BCUT2D eigenvalue weighted by Crippen LogP contribution is 2.52. The van der Waals surface area contributed by atoms with Gasteiger partial charge in [-0.05, 0) is 38.7 Å². The zero-order chi connectivity index (χ0) is 16.5. The molecule has 0 saturated heterocycles. The van der Waals surface area contributed by atoms with Gasteiger partial charge in [0, 0.05) is 18.9 Å². The van der Waals surface area contributed by atoms with Crippen LogP contribution >= 0.6 is 0 Å². The molecular formula is C18H28O4. The van der Waals surface area contributed by atoms with Gasteiger partial charge in [-0.3, -0.25) is 4.79 Å². The second-order valence-electron chi connectivity index (χ2n) is 6.98. The van der Waals surface area contributed by atoms with E-state index in [-0.39, 0.29) is 24.0 Å². The van der Waals surface area contributed by atoms with Crippen LogP contribution in [0.1, 0.15) is 40.5 Å². The number of carbonyl (C=O) groups is 1. The van der Waals surface area contributed by atoms with E-state index in [1.807, 2.05) is 13.0 Å². The average molecular weight is 308 g/mol. The van der Waals surface area contributed by atoms with Crippen LogP contribution in [0.4, 0.5) is 0 Å². The predicted molar refractivity (Wildman–Crippen MR) is 85.3 cm³/mol. The number of ether oxygens (including phenoxy) is 1. The molecule has 0 unspecified atom stereocenters. The quantitative estimate of drug-likeness (QED) is 0.765. The number of Topliss-reactive ketones (excluding diaryl/α,β-unsaturated/α-hetero) is 1. The first-order valence-corrected chi connectivity index (χ1v) is 8.16. The molecule has 0 aliphatic heterocycles. The maximum absolute atomic E-state index is 12.9. The van der Waals surface area contributed by atoms with Crippen molar-refractivity contribution in [1.82, 2.24) is 0 Å². The van der Waals surface area contributed by atoms with Crippen molar-refractivity contribution >= 4 is 5.78 Å². The number of aliphatic hydroxyl groups excluding tert-OH is 1. The number of ketones is 1. The zero-order valence-electron chi connectivity index (χ0n) is 14.0. The lowest BCUT2D eigenvalue weighted by molar-refractivity contribution is -0.153. The summed E-state index contributed by atoms with van der Waals surface area (Å²) in [5.74, 6) is -0.144. The third-order valence-corrected chi connectivity index (χ3v) is 5.36. The molecule has 0 heterocycles. The second kappa shape index (κ2) is 6.26. The first-order chi connectivity index (χ1) is 10.2. The summed E-state index contributed by atoms with van der Waals surface area (Å²) in [6.07, 6.45) is 5.91. The minimum absolute atomic E-state index is 0.0557. The smallest absolute Gasteiger partial charge is 0.144 e. The van der Waals surface area contributed by atoms with E-state index in [1.54, 1.807) is 19.9 Å². The average Bonchev–Trinajstić information content (AvgIpc) is 2.42. The van der Waals surface area contributed by atoms with E-state index in [0.29, 0.717) is 19.6 Å². The monoisotopic (exact) mass is 308 g/mol. The summed E-state index contributed by atoms with van der Waals surface area (Å²) in [5, 5.41) is 21.5. The maximum Gasteiger partial charge on any atom is 0.144 e. The van der Waals surface area contributed by atoms with Crippen LogP contribution in [0.5, 0.6) is 0 Å². The summed E-state index contributed by atoms with van der Waals surface area (Å²) in [6, 6.07) is 0. The molecule has 0 radical (unpaired) electrons. The molecule has 2 rings (SSSR count). The fourth-order valence-corrected chi connectivity index (χ4v) is 3.89. The summed E-state index contributed by atoms with van der Waals surface area (Å²) in [4.78, 5) is 12.9. The van der Waals surface area contributed by atoms with Crippen LogP contribution < -0.4 is 0 Å². The Hall–Kier alpha value is -0.970. The molecule has 2 aliphatic rings. The van der Waals surface area contributed by atoms with Gasteiger partial charge in [0.05, 0.1) is 23.7 Å². The van der Waals surface area contributed by atoms with Crippen LogP contribution in [-0.2, 0) is 9.53 Å². The molecule has 22 heavy (non-hydrogen) atoms. The van der Waals surface area contributed by atoms with E-state index in [0.717, 1.165) is 5.57 Å². The Morgan fingerprint density at radius 2 is 2.14 bits per heavy atom. The van der Waals surface area contributed by atoms with Gasteiger partial charge in [0.2, 0.25) is 0 Å². The maximum atomic E-state index is 12.9. The van der Waals surface area contributed by atoms with Crippen molar-refractivity contribution in [2.45, 2.75) is 52.2 Å². The summed E-state index contributed by atoms with van der Waals surface area (Å²) in [7, 11) is 0. The van der Waals surface area contributed by atoms with Crippen molar-refractivity contribution in [3.63, 3.8) is 0 Å². The molecule has 0 aromatic rings. The summed E-state index contributed by atoms with van der Waals surface area (Å²) in [5.41, 5.74) is -1.35. The highest BCUT2D eigenvalue weighted by atomic mass is 16.5. The Labute approximate surface area is 132 Å². The lowest BCUT2D eigenvalue weighted by Crippen LogP contribution is -2.59. The Balaban J connectivity index is 2.39. The van der Waals surface area contributed by atoms with E-state index < -0.39 is 17.1 Å². The van der Waals surface area contributed by atoms with Crippen molar-refractivity contribution in [2.24, 2.45) is 17.3 Å². The number of rotatable bonds is 5.